The molecule has 1 amide bonds. The number of rotatable bonds is 4. The molecule has 1 aromatic carbocycles. The van der Waals surface area contributed by atoms with E-state index in [1.165, 1.54) is 12.1 Å². The monoisotopic (exact) mass is 283 g/mol. The van der Waals surface area contributed by atoms with Crippen LogP contribution in [0.15, 0.2) is 24.3 Å². The third-order valence-electron chi connectivity index (χ3n) is 3.43. The lowest BCUT2D eigenvalue weighted by molar-refractivity contribution is -0.158. The molecule has 0 aliphatic heterocycles. The van der Waals surface area contributed by atoms with E-state index in [1.54, 1.807) is 26.0 Å². The normalized spacial score (nSPS) is 12.3. The number of hydrogen-bond acceptors (Lipinski definition) is 1. The second-order valence-corrected chi connectivity index (χ2v) is 5.88. The molecule has 0 aromatic heterocycles. The summed E-state index contributed by atoms with van der Waals surface area (Å²) < 4.78 is 28.4. The summed E-state index contributed by atoms with van der Waals surface area (Å²) in [5.74, 6) is -4.60. The van der Waals surface area contributed by atoms with Gasteiger partial charge in [0.05, 0.1) is 0 Å². The minimum absolute atomic E-state index is 0.100. The standard InChI is InChI=1S/C16H23F2NO/c1-6-19(7-2)14(20)16(17,18)13-10-8-12(9-11-13)15(3,4)5/h8-11H,6-7H2,1-5H3. The molecule has 112 valence electrons. The van der Waals surface area contributed by atoms with Crippen molar-refractivity contribution < 1.29 is 13.6 Å². The van der Waals surface area contributed by atoms with Gasteiger partial charge in [-0.3, -0.25) is 4.79 Å². The van der Waals surface area contributed by atoms with Gasteiger partial charge in [0.2, 0.25) is 0 Å². The number of carbonyl (C=O) groups excluding carboxylic acids is 1. The van der Waals surface area contributed by atoms with E-state index >= 15 is 0 Å². The number of halogens is 2. The highest BCUT2D eigenvalue weighted by Gasteiger charge is 2.43. The molecular weight excluding hydrogens is 260 g/mol. The molecule has 20 heavy (non-hydrogen) atoms. The number of hydrogen-bond donors (Lipinski definition) is 0. The van der Waals surface area contributed by atoms with E-state index in [0.29, 0.717) is 0 Å². The average molecular weight is 283 g/mol. The summed E-state index contributed by atoms with van der Waals surface area (Å²) in [5, 5.41) is 0. The summed E-state index contributed by atoms with van der Waals surface area (Å²) in [4.78, 5) is 13.0. The van der Waals surface area contributed by atoms with Crippen molar-refractivity contribution in [3.05, 3.63) is 35.4 Å². The highest BCUT2D eigenvalue weighted by atomic mass is 19.3. The first-order valence-electron chi connectivity index (χ1n) is 6.92. The maximum Gasteiger partial charge on any atom is 0.349 e. The smallest absolute Gasteiger partial charge is 0.338 e. The molecule has 0 aliphatic rings. The molecule has 0 unspecified atom stereocenters. The molecule has 2 nitrogen and oxygen atoms in total. The topological polar surface area (TPSA) is 20.3 Å². The summed E-state index contributed by atoms with van der Waals surface area (Å²) >= 11 is 0. The van der Waals surface area contributed by atoms with Crippen molar-refractivity contribution in [3.8, 4) is 0 Å². The van der Waals surface area contributed by atoms with Crippen LogP contribution in [0, 0.1) is 0 Å². The quantitative estimate of drug-likeness (QED) is 0.819. The van der Waals surface area contributed by atoms with Gasteiger partial charge in [-0.15, -0.1) is 0 Å². The van der Waals surface area contributed by atoms with E-state index < -0.39 is 11.8 Å². The molecule has 1 rings (SSSR count). The van der Waals surface area contributed by atoms with Gasteiger partial charge in [-0.05, 0) is 24.8 Å². The van der Waals surface area contributed by atoms with Gasteiger partial charge in [0.15, 0.2) is 0 Å². The fourth-order valence-electron chi connectivity index (χ4n) is 2.01. The number of likely N-dealkylation sites (N-methyl/N-ethyl adjacent to an activating group) is 1. The number of carbonyl (C=O) groups is 1. The van der Waals surface area contributed by atoms with E-state index in [2.05, 4.69) is 0 Å². The largest absolute Gasteiger partial charge is 0.349 e. The Morgan fingerprint density at radius 1 is 1.00 bits per heavy atom. The van der Waals surface area contributed by atoms with Gasteiger partial charge in [-0.2, -0.15) is 8.78 Å². The van der Waals surface area contributed by atoms with Gasteiger partial charge in [-0.25, -0.2) is 0 Å². The lowest BCUT2D eigenvalue weighted by Gasteiger charge is -2.25. The maximum absolute atomic E-state index is 14.2. The van der Waals surface area contributed by atoms with Crippen molar-refractivity contribution in [2.75, 3.05) is 13.1 Å². The zero-order chi connectivity index (χ0) is 15.6. The van der Waals surface area contributed by atoms with Gasteiger partial charge in [0.1, 0.15) is 0 Å². The SMILES string of the molecule is CCN(CC)C(=O)C(F)(F)c1ccc(C(C)(C)C)cc1. The predicted octanol–water partition coefficient (Wildman–Crippen LogP) is 3.94. The van der Waals surface area contributed by atoms with Crippen LogP contribution in [0.4, 0.5) is 8.78 Å². The lowest BCUT2D eigenvalue weighted by atomic mass is 9.86. The van der Waals surface area contributed by atoms with Gasteiger partial charge in [0.25, 0.3) is 5.91 Å². The van der Waals surface area contributed by atoms with Crippen LogP contribution in [-0.4, -0.2) is 23.9 Å². The van der Waals surface area contributed by atoms with Crippen LogP contribution >= 0.6 is 0 Å². The Bertz CT molecular complexity index is 456. The van der Waals surface area contributed by atoms with Crippen molar-refractivity contribution in [3.63, 3.8) is 0 Å². The van der Waals surface area contributed by atoms with Crippen LogP contribution in [0.3, 0.4) is 0 Å². The predicted molar refractivity (Wildman–Crippen MR) is 77.0 cm³/mol. The summed E-state index contributed by atoms with van der Waals surface area (Å²) in [6, 6.07) is 6.03. The lowest BCUT2D eigenvalue weighted by Crippen LogP contribution is -2.41. The summed E-state index contributed by atoms with van der Waals surface area (Å²) in [6.45, 7) is 10.00. The van der Waals surface area contributed by atoms with E-state index in [1.807, 2.05) is 20.8 Å². The molecule has 0 aliphatic carbocycles. The maximum atomic E-state index is 14.2. The highest BCUT2D eigenvalue weighted by Crippen LogP contribution is 2.32. The van der Waals surface area contributed by atoms with Crippen LogP contribution in [0.5, 0.6) is 0 Å². The van der Waals surface area contributed by atoms with Gasteiger partial charge in [0, 0.05) is 18.7 Å². The van der Waals surface area contributed by atoms with Crippen molar-refractivity contribution >= 4 is 5.91 Å². The van der Waals surface area contributed by atoms with Crippen molar-refractivity contribution in [1.29, 1.82) is 0 Å². The molecule has 0 spiro atoms. The number of benzene rings is 1. The molecule has 0 atom stereocenters. The van der Waals surface area contributed by atoms with Crippen LogP contribution in [0.25, 0.3) is 0 Å². The summed E-state index contributed by atoms with van der Waals surface area (Å²) in [7, 11) is 0. The van der Waals surface area contributed by atoms with Crippen molar-refractivity contribution in [2.24, 2.45) is 0 Å². The van der Waals surface area contributed by atoms with Gasteiger partial charge < -0.3 is 4.90 Å². The summed E-state index contributed by atoms with van der Waals surface area (Å²) in [5.41, 5.74) is 0.617. The van der Waals surface area contributed by atoms with Crippen molar-refractivity contribution in [2.45, 2.75) is 46.0 Å². The molecule has 0 fully saturated rings. The fraction of sp³-hybridized carbons (Fsp3) is 0.562. The van der Waals surface area contributed by atoms with Crippen molar-refractivity contribution in [1.82, 2.24) is 4.90 Å². The Balaban J connectivity index is 3.07. The Kier molecular flexibility index (Phi) is 4.90. The second kappa shape index (κ2) is 5.90. The van der Waals surface area contributed by atoms with Crippen LogP contribution in [0.2, 0.25) is 0 Å². The Hall–Kier alpha value is -1.45. The average Bonchev–Trinajstić information content (AvgIpc) is 2.39. The molecule has 0 radical (unpaired) electrons. The van der Waals surface area contributed by atoms with Crippen LogP contribution in [0.1, 0.15) is 45.7 Å². The first-order chi connectivity index (χ1) is 9.14. The van der Waals surface area contributed by atoms with Crippen LogP contribution < -0.4 is 0 Å². The second-order valence-electron chi connectivity index (χ2n) is 5.88. The Morgan fingerprint density at radius 2 is 1.40 bits per heavy atom. The molecule has 1 aromatic rings. The van der Waals surface area contributed by atoms with E-state index in [0.717, 1.165) is 10.5 Å². The Morgan fingerprint density at radius 3 is 1.75 bits per heavy atom. The van der Waals surface area contributed by atoms with Gasteiger partial charge in [-0.1, -0.05) is 45.0 Å². The molecule has 0 heterocycles. The minimum atomic E-state index is -3.47. The number of nitrogens with zero attached hydrogens (tertiary/aromatic N) is 1. The first kappa shape index (κ1) is 16.6. The Labute approximate surface area is 119 Å². The highest BCUT2D eigenvalue weighted by molar-refractivity contribution is 5.84. The molecule has 0 saturated carbocycles. The van der Waals surface area contributed by atoms with E-state index in [-0.39, 0.29) is 24.1 Å². The van der Waals surface area contributed by atoms with E-state index in [9.17, 15) is 13.6 Å². The molecule has 4 heteroatoms. The summed E-state index contributed by atoms with van der Waals surface area (Å²) in [6.07, 6.45) is 0. The van der Waals surface area contributed by atoms with Gasteiger partial charge >= 0.3 is 5.92 Å². The molecule has 0 saturated heterocycles. The molecule has 0 bridgehead atoms. The molecular formula is C16H23F2NO. The minimum Gasteiger partial charge on any atom is -0.338 e. The first-order valence-corrected chi connectivity index (χ1v) is 6.92. The third-order valence-corrected chi connectivity index (χ3v) is 3.43. The van der Waals surface area contributed by atoms with Crippen LogP contribution in [-0.2, 0) is 16.1 Å². The number of amides is 1. The number of alkyl halides is 2. The molecule has 0 N–H and O–H groups in total. The third kappa shape index (κ3) is 3.35. The van der Waals surface area contributed by atoms with E-state index in [4.69, 9.17) is 0 Å². The zero-order valence-electron chi connectivity index (χ0n) is 12.8. The fourth-order valence-corrected chi connectivity index (χ4v) is 2.01. The zero-order valence-corrected chi connectivity index (χ0v) is 12.8.